The molecule has 9 nitrogen and oxygen atoms in total. The number of nitrogens with two attached hydrogens (primary N) is 2. The van der Waals surface area contributed by atoms with E-state index in [0.717, 1.165) is 0 Å². The summed E-state index contributed by atoms with van der Waals surface area (Å²) >= 11 is 5.97. The molecule has 10 heteroatoms. The molecule has 0 aliphatic heterocycles. The molecule has 2 rings (SSSR count). The fraction of sp³-hybridized carbons (Fsp3) is 0.158. The molecule has 7 N–H and O–H groups in total. The van der Waals surface area contributed by atoms with Gasteiger partial charge in [-0.05, 0) is 23.8 Å². The molecule has 0 radical (unpaired) electrons. The summed E-state index contributed by atoms with van der Waals surface area (Å²) in [6.07, 6.45) is -0.289. The van der Waals surface area contributed by atoms with Gasteiger partial charge in [0.05, 0.1) is 29.7 Å². The lowest BCUT2D eigenvalue weighted by molar-refractivity contribution is -0.137. The molecular weight excluding hydrogens is 398 g/mol. The Morgan fingerprint density at radius 2 is 1.79 bits per heavy atom. The molecular formula is C19H20ClN5O4. The summed E-state index contributed by atoms with van der Waals surface area (Å²) in [6, 6.07) is 12.3. The lowest BCUT2D eigenvalue weighted by atomic mass is 10.0. The van der Waals surface area contributed by atoms with Crippen LogP contribution in [0.3, 0.4) is 0 Å². The molecule has 2 aromatic carbocycles. The third-order valence-corrected chi connectivity index (χ3v) is 4.10. The van der Waals surface area contributed by atoms with Gasteiger partial charge in [-0.15, -0.1) is 0 Å². The molecule has 0 aromatic heterocycles. The van der Waals surface area contributed by atoms with Gasteiger partial charge in [-0.25, -0.2) is 4.99 Å². The topological polar surface area (TPSA) is 160 Å². The SMILES string of the molecule is NC(N)=Nc1cc(C(=O)NCC(=O)NC(CC(=O)O)c2ccccc2)ccc1Cl. The number of hydrogen-bond donors (Lipinski definition) is 5. The molecule has 1 unspecified atom stereocenters. The van der Waals surface area contributed by atoms with Crippen LogP contribution in [-0.4, -0.2) is 35.4 Å². The molecule has 0 saturated heterocycles. The second kappa shape index (κ2) is 10.1. The maximum atomic E-state index is 12.3. The van der Waals surface area contributed by atoms with Crippen molar-refractivity contribution >= 4 is 41.0 Å². The third kappa shape index (κ3) is 6.82. The van der Waals surface area contributed by atoms with Gasteiger partial charge < -0.3 is 27.2 Å². The van der Waals surface area contributed by atoms with Crippen molar-refractivity contribution in [2.75, 3.05) is 6.54 Å². The maximum absolute atomic E-state index is 12.3. The number of nitrogens with zero attached hydrogens (tertiary/aromatic N) is 1. The zero-order chi connectivity index (χ0) is 21.4. The van der Waals surface area contributed by atoms with E-state index in [1.165, 1.54) is 18.2 Å². The minimum absolute atomic E-state index is 0.201. The van der Waals surface area contributed by atoms with Crippen molar-refractivity contribution in [3.63, 3.8) is 0 Å². The van der Waals surface area contributed by atoms with Gasteiger partial charge >= 0.3 is 5.97 Å². The summed E-state index contributed by atoms with van der Waals surface area (Å²) in [7, 11) is 0. The highest BCUT2D eigenvalue weighted by molar-refractivity contribution is 6.33. The number of amides is 2. The Balaban J connectivity index is 2.01. The van der Waals surface area contributed by atoms with E-state index in [2.05, 4.69) is 15.6 Å². The highest BCUT2D eigenvalue weighted by Gasteiger charge is 2.18. The van der Waals surface area contributed by atoms with Gasteiger partial charge in [0.15, 0.2) is 5.96 Å². The first-order valence-electron chi connectivity index (χ1n) is 8.49. The zero-order valence-electron chi connectivity index (χ0n) is 15.3. The number of guanidine groups is 1. The van der Waals surface area contributed by atoms with Gasteiger partial charge in [-0.2, -0.15) is 0 Å². The molecule has 0 saturated carbocycles. The van der Waals surface area contributed by atoms with Crippen LogP contribution in [-0.2, 0) is 9.59 Å². The van der Waals surface area contributed by atoms with Crippen LogP contribution < -0.4 is 22.1 Å². The number of carbonyl (C=O) groups excluding carboxylic acids is 2. The summed E-state index contributed by atoms with van der Waals surface area (Å²) in [5.74, 6) is -2.35. The van der Waals surface area contributed by atoms with Crippen molar-refractivity contribution in [1.82, 2.24) is 10.6 Å². The number of benzene rings is 2. The van der Waals surface area contributed by atoms with Crippen molar-refractivity contribution < 1.29 is 19.5 Å². The Hall–Kier alpha value is -3.59. The van der Waals surface area contributed by atoms with Crippen LogP contribution in [0.25, 0.3) is 0 Å². The van der Waals surface area contributed by atoms with E-state index in [4.69, 9.17) is 28.2 Å². The summed E-state index contributed by atoms with van der Waals surface area (Å²) in [6.45, 7) is -0.345. The Morgan fingerprint density at radius 3 is 2.41 bits per heavy atom. The lowest BCUT2D eigenvalue weighted by Crippen LogP contribution is -2.39. The average molecular weight is 418 g/mol. The van der Waals surface area contributed by atoms with Gasteiger partial charge in [-0.3, -0.25) is 14.4 Å². The zero-order valence-corrected chi connectivity index (χ0v) is 16.0. The predicted molar refractivity (Wildman–Crippen MR) is 109 cm³/mol. The molecule has 2 aromatic rings. The van der Waals surface area contributed by atoms with Crippen LogP contribution in [0.1, 0.15) is 28.4 Å². The minimum atomic E-state index is -1.06. The Bertz CT molecular complexity index is 929. The minimum Gasteiger partial charge on any atom is -0.481 e. The van der Waals surface area contributed by atoms with Crippen molar-refractivity contribution in [1.29, 1.82) is 0 Å². The van der Waals surface area contributed by atoms with Crippen LogP contribution in [0.2, 0.25) is 5.02 Å². The normalized spacial score (nSPS) is 11.2. The third-order valence-electron chi connectivity index (χ3n) is 3.78. The lowest BCUT2D eigenvalue weighted by Gasteiger charge is -2.17. The van der Waals surface area contributed by atoms with E-state index in [1.54, 1.807) is 30.3 Å². The van der Waals surface area contributed by atoms with Crippen LogP contribution in [0, 0.1) is 0 Å². The molecule has 152 valence electrons. The molecule has 29 heavy (non-hydrogen) atoms. The van der Waals surface area contributed by atoms with Gasteiger partial charge in [0.1, 0.15) is 0 Å². The molecule has 2 amide bonds. The molecule has 0 aliphatic carbocycles. The highest BCUT2D eigenvalue weighted by Crippen LogP contribution is 2.25. The number of nitrogens with one attached hydrogen (secondary N) is 2. The van der Waals surface area contributed by atoms with E-state index in [0.29, 0.717) is 5.56 Å². The maximum Gasteiger partial charge on any atom is 0.305 e. The first kappa shape index (κ1) is 21.7. The van der Waals surface area contributed by atoms with Crippen molar-refractivity contribution in [3.8, 4) is 0 Å². The second-order valence-corrected chi connectivity index (χ2v) is 6.42. The van der Waals surface area contributed by atoms with E-state index >= 15 is 0 Å². The molecule has 0 bridgehead atoms. The Labute approximate surface area is 171 Å². The van der Waals surface area contributed by atoms with Gasteiger partial charge in [0.2, 0.25) is 5.91 Å². The van der Waals surface area contributed by atoms with Gasteiger partial charge in [-0.1, -0.05) is 41.9 Å². The fourth-order valence-electron chi connectivity index (χ4n) is 2.50. The Morgan fingerprint density at radius 1 is 1.10 bits per heavy atom. The molecule has 0 aliphatic rings. The number of carbonyl (C=O) groups is 3. The van der Waals surface area contributed by atoms with E-state index in [9.17, 15) is 14.4 Å². The predicted octanol–water partition coefficient (Wildman–Crippen LogP) is 1.31. The Kier molecular flexibility index (Phi) is 7.55. The van der Waals surface area contributed by atoms with Crippen LogP contribution >= 0.6 is 11.6 Å². The first-order valence-corrected chi connectivity index (χ1v) is 8.87. The highest BCUT2D eigenvalue weighted by atomic mass is 35.5. The number of aliphatic imine (C=N–C) groups is 1. The molecule has 1 atom stereocenters. The van der Waals surface area contributed by atoms with Crippen LogP contribution in [0.15, 0.2) is 53.5 Å². The van der Waals surface area contributed by atoms with Gasteiger partial charge in [0.25, 0.3) is 5.91 Å². The average Bonchev–Trinajstić information content (AvgIpc) is 2.67. The second-order valence-electron chi connectivity index (χ2n) is 6.01. The van der Waals surface area contributed by atoms with E-state index in [1.807, 2.05) is 0 Å². The standard InChI is InChI=1S/C19H20ClN5O4/c20-13-7-6-12(8-15(13)25-19(21)22)18(29)23-10-16(26)24-14(9-17(27)28)11-4-2-1-3-5-11/h1-8,14H,9-10H2,(H,23,29)(H,24,26)(H,27,28)(H4,21,22,25). The molecule has 0 fully saturated rings. The smallest absolute Gasteiger partial charge is 0.305 e. The summed E-state index contributed by atoms with van der Waals surface area (Å²) in [5, 5.41) is 14.4. The quantitative estimate of drug-likeness (QED) is 0.321. The van der Waals surface area contributed by atoms with Gasteiger partial charge in [0, 0.05) is 5.56 Å². The summed E-state index contributed by atoms with van der Waals surface area (Å²) in [4.78, 5) is 39.4. The van der Waals surface area contributed by atoms with Crippen LogP contribution in [0.4, 0.5) is 5.69 Å². The largest absolute Gasteiger partial charge is 0.481 e. The fourth-order valence-corrected chi connectivity index (χ4v) is 2.66. The number of hydrogen-bond acceptors (Lipinski definition) is 4. The van der Waals surface area contributed by atoms with Crippen molar-refractivity contribution in [3.05, 3.63) is 64.7 Å². The van der Waals surface area contributed by atoms with Crippen LogP contribution in [0.5, 0.6) is 0 Å². The first-order chi connectivity index (χ1) is 13.8. The van der Waals surface area contributed by atoms with E-state index < -0.39 is 23.8 Å². The molecule has 0 spiro atoms. The summed E-state index contributed by atoms with van der Waals surface area (Å²) in [5.41, 5.74) is 11.7. The van der Waals surface area contributed by atoms with Crippen molar-refractivity contribution in [2.45, 2.75) is 12.5 Å². The number of carboxylic acids is 1. The number of carboxylic acid groups (broad SMARTS) is 1. The molecule has 0 heterocycles. The van der Waals surface area contributed by atoms with E-state index in [-0.39, 0.29) is 35.2 Å². The number of aliphatic carboxylic acids is 1. The number of halogens is 1. The number of rotatable bonds is 8. The van der Waals surface area contributed by atoms with Crippen molar-refractivity contribution in [2.24, 2.45) is 16.5 Å². The monoisotopic (exact) mass is 417 g/mol. The summed E-state index contributed by atoms with van der Waals surface area (Å²) < 4.78 is 0.